The molecule has 1 aliphatic heterocycles. The number of carbonyl (C=O) groups is 1. The third-order valence-electron chi connectivity index (χ3n) is 5.46. The molecule has 0 unspecified atom stereocenters. The highest BCUT2D eigenvalue weighted by molar-refractivity contribution is 5.82. The molecule has 2 aliphatic rings. The fraction of sp³-hybridized carbons (Fsp3) is 0.611. The molecule has 2 aromatic rings. The Bertz CT molecular complexity index is 860. The minimum absolute atomic E-state index is 0.0585. The third kappa shape index (κ3) is 2.85. The Morgan fingerprint density at radius 3 is 2.69 bits per heavy atom. The quantitative estimate of drug-likeness (QED) is 0.834. The van der Waals surface area contributed by atoms with Gasteiger partial charge in [0.1, 0.15) is 5.69 Å². The lowest BCUT2D eigenvalue weighted by Crippen LogP contribution is -2.32. The van der Waals surface area contributed by atoms with E-state index in [4.69, 9.17) is 0 Å². The molecule has 1 aliphatic carbocycles. The van der Waals surface area contributed by atoms with Crippen LogP contribution in [-0.4, -0.2) is 31.9 Å². The molecular formula is C18H21F3N4O. The maximum absolute atomic E-state index is 13.4. The molecule has 3 atom stereocenters. The van der Waals surface area contributed by atoms with Crippen molar-refractivity contribution in [2.24, 2.45) is 11.8 Å². The van der Waals surface area contributed by atoms with E-state index >= 15 is 0 Å². The molecule has 26 heavy (non-hydrogen) atoms. The molecule has 0 bridgehead atoms. The van der Waals surface area contributed by atoms with Crippen molar-refractivity contribution in [1.82, 2.24) is 19.5 Å². The van der Waals surface area contributed by atoms with Crippen LogP contribution in [0.2, 0.25) is 0 Å². The van der Waals surface area contributed by atoms with Gasteiger partial charge in [-0.3, -0.25) is 4.79 Å². The zero-order chi connectivity index (χ0) is 18.6. The van der Waals surface area contributed by atoms with Crippen molar-refractivity contribution < 1.29 is 18.0 Å². The van der Waals surface area contributed by atoms with Crippen molar-refractivity contribution in [1.29, 1.82) is 0 Å². The third-order valence-corrected chi connectivity index (χ3v) is 5.46. The fourth-order valence-electron chi connectivity index (χ4n) is 3.81. The summed E-state index contributed by atoms with van der Waals surface area (Å²) in [5.74, 6) is 0.564. The summed E-state index contributed by atoms with van der Waals surface area (Å²) in [6, 6.07) is 2.39. The molecule has 0 aromatic carbocycles. The van der Waals surface area contributed by atoms with Crippen LogP contribution in [0.5, 0.6) is 0 Å². The van der Waals surface area contributed by atoms with E-state index in [0.29, 0.717) is 30.3 Å². The zero-order valence-electron chi connectivity index (χ0n) is 14.8. The van der Waals surface area contributed by atoms with Crippen LogP contribution < -0.4 is 0 Å². The standard InChI is InChI=1S/C18H21F3N4O/c1-3-11-8-15(18(19,20)21)25-16(22-11)9-13(23-25)14-5-4-6-24(14)17(26)12-7-10(12)2/h8-10,12,14H,3-7H2,1-2H3/t10-,12+,14-/m0/s1. The maximum atomic E-state index is 13.4. The summed E-state index contributed by atoms with van der Waals surface area (Å²) in [7, 11) is 0. The first-order valence-corrected chi connectivity index (χ1v) is 9.07. The van der Waals surface area contributed by atoms with E-state index in [1.54, 1.807) is 17.9 Å². The number of amides is 1. The van der Waals surface area contributed by atoms with Gasteiger partial charge in [0.2, 0.25) is 5.91 Å². The summed E-state index contributed by atoms with van der Waals surface area (Å²) in [5, 5.41) is 4.21. The molecule has 2 fully saturated rings. The summed E-state index contributed by atoms with van der Waals surface area (Å²) in [6.07, 6.45) is -1.65. The predicted molar refractivity (Wildman–Crippen MR) is 88.3 cm³/mol. The van der Waals surface area contributed by atoms with E-state index in [0.717, 1.165) is 29.8 Å². The van der Waals surface area contributed by atoms with Crippen LogP contribution in [-0.2, 0) is 17.4 Å². The van der Waals surface area contributed by atoms with E-state index in [2.05, 4.69) is 10.1 Å². The molecule has 5 nitrogen and oxygen atoms in total. The number of likely N-dealkylation sites (tertiary alicyclic amines) is 1. The van der Waals surface area contributed by atoms with Gasteiger partial charge in [0.05, 0.1) is 11.7 Å². The summed E-state index contributed by atoms with van der Waals surface area (Å²) in [4.78, 5) is 18.7. The van der Waals surface area contributed by atoms with E-state index in [9.17, 15) is 18.0 Å². The van der Waals surface area contributed by atoms with Crippen molar-refractivity contribution in [2.75, 3.05) is 6.54 Å². The van der Waals surface area contributed by atoms with Crippen LogP contribution in [0.15, 0.2) is 12.1 Å². The highest BCUT2D eigenvalue weighted by atomic mass is 19.4. The number of nitrogens with zero attached hydrogens (tertiary/aromatic N) is 4. The van der Waals surface area contributed by atoms with Gasteiger partial charge in [-0.25, -0.2) is 9.50 Å². The normalized spacial score (nSPS) is 25.9. The predicted octanol–water partition coefficient (Wildman–Crippen LogP) is 3.63. The number of carbonyl (C=O) groups excluding carboxylic acids is 1. The van der Waals surface area contributed by atoms with Gasteiger partial charge in [-0.05, 0) is 37.7 Å². The Morgan fingerprint density at radius 2 is 2.08 bits per heavy atom. The van der Waals surface area contributed by atoms with Crippen molar-refractivity contribution in [2.45, 2.75) is 51.7 Å². The zero-order valence-corrected chi connectivity index (χ0v) is 14.8. The first-order valence-electron chi connectivity index (χ1n) is 9.07. The molecule has 140 valence electrons. The topological polar surface area (TPSA) is 50.5 Å². The molecule has 1 amide bonds. The van der Waals surface area contributed by atoms with Gasteiger partial charge in [-0.15, -0.1) is 0 Å². The van der Waals surface area contributed by atoms with Crippen molar-refractivity contribution >= 4 is 11.6 Å². The average Bonchev–Trinajstić information content (AvgIpc) is 3.01. The lowest BCUT2D eigenvalue weighted by Gasteiger charge is -2.23. The minimum Gasteiger partial charge on any atom is -0.334 e. The Labute approximate surface area is 149 Å². The number of alkyl halides is 3. The molecule has 2 aromatic heterocycles. The second-order valence-electron chi connectivity index (χ2n) is 7.33. The summed E-state index contributed by atoms with van der Waals surface area (Å²) in [5.41, 5.74) is 0.237. The molecule has 4 rings (SSSR count). The highest BCUT2D eigenvalue weighted by Crippen LogP contribution is 2.43. The Hall–Kier alpha value is -2.12. The van der Waals surface area contributed by atoms with Crippen LogP contribution in [0.1, 0.15) is 56.2 Å². The van der Waals surface area contributed by atoms with Crippen LogP contribution in [0.25, 0.3) is 5.65 Å². The summed E-state index contributed by atoms with van der Waals surface area (Å²) < 4.78 is 41.2. The van der Waals surface area contributed by atoms with Gasteiger partial charge in [0.25, 0.3) is 0 Å². The van der Waals surface area contributed by atoms with E-state index in [1.807, 2.05) is 6.92 Å². The van der Waals surface area contributed by atoms with E-state index in [-0.39, 0.29) is 23.5 Å². The minimum atomic E-state index is -4.51. The second kappa shape index (κ2) is 5.96. The SMILES string of the molecule is CCc1cc(C(F)(F)F)n2nc([C@@H]3CCCN3C(=O)[C@@H]3C[C@@H]3C)cc2n1. The first-order chi connectivity index (χ1) is 12.3. The molecular weight excluding hydrogens is 345 g/mol. The Kier molecular flexibility index (Phi) is 3.96. The maximum Gasteiger partial charge on any atom is 0.433 e. The number of aromatic nitrogens is 3. The number of fused-ring (bicyclic) bond motifs is 1. The van der Waals surface area contributed by atoms with Gasteiger partial charge in [-0.1, -0.05) is 13.8 Å². The molecule has 8 heteroatoms. The number of hydrogen-bond acceptors (Lipinski definition) is 3. The number of halogens is 3. The van der Waals surface area contributed by atoms with Crippen LogP contribution in [0.4, 0.5) is 13.2 Å². The fourth-order valence-corrected chi connectivity index (χ4v) is 3.81. The van der Waals surface area contributed by atoms with Gasteiger partial charge in [-0.2, -0.15) is 18.3 Å². The summed E-state index contributed by atoms with van der Waals surface area (Å²) >= 11 is 0. The lowest BCUT2D eigenvalue weighted by molar-refractivity contribution is -0.143. The van der Waals surface area contributed by atoms with E-state index in [1.165, 1.54) is 0 Å². The van der Waals surface area contributed by atoms with Crippen molar-refractivity contribution in [3.05, 3.63) is 29.2 Å². The van der Waals surface area contributed by atoms with Crippen LogP contribution >= 0.6 is 0 Å². The number of hydrogen-bond donors (Lipinski definition) is 0. The number of aryl methyl sites for hydroxylation is 1. The lowest BCUT2D eigenvalue weighted by atomic mass is 10.1. The molecule has 0 N–H and O–H groups in total. The molecule has 1 saturated heterocycles. The summed E-state index contributed by atoms with van der Waals surface area (Å²) in [6.45, 7) is 4.45. The van der Waals surface area contributed by atoms with Crippen LogP contribution in [0.3, 0.4) is 0 Å². The van der Waals surface area contributed by atoms with Gasteiger partial charge in [0.15, 0.2) is 5.65 Å². The van der Waals surface area contributed by atoms with Crippen molar-refractivity contribution in [3.8, 4) is 0 Å². The highest BCUT2D eigenvalue weighted by Gasteiger charge is 2.45. The van der Waals surface area contributed by atoms with E-state index < -0.39 is 11.9 Å². The smallest absolute Gasteiger partial charge is 0.334 e. The number of rotatable bonds is 3. The first kappa shape index (κ1) is 17.3. The molecule has 0 radical (unpaired) electrons. The van der Waals surface area contributed by atoms with Crippen molar-refractivity contribution in [3.63, 3.8) is 0 Å². The monoisotopic (exact) mass is 366 g/mol. The van der Waals surface area contributed by atoms with Gasteiger partial charge < -0.3 is 4.90 Å². The Balaban J connectivity index is 1.74. The molecule has 3 heterocycles. The van der Waals surface area contributed by atoms with Gasteiger partial charge >= 0.3 is 6.18 Å². The van der Waals surface area contributed by atoms with Gasteiger partial charge in [0, 0.05) is 24.2 Å². The molecule has 0 spiro atoms. The largest absolute Gasteiger partial charge is 0.433 e. The Morgan fingerprint density at radius 1 is 1.35 bits per heavy atom. The second-order valence-corrected chi connectivity index (χ2v) is 7.33. The molecule has 1 saturated carbocycles. The average molecular weight is 366 g/mol. The van der Waals surface area contributed by atoms with Crippen LogP contribution in [0, 0.1) is 11.8 Å².